The van der Waals surface area contributed by atoms with Gasteiger partial charge in [0.1, 0.15) is 0 Å². The third-order valence-electron chi connectivity index (χ3n) is 6.51. The number of hydrogen-bond acceptors (Lipinski definition) is 2. The van der Waals surface area contributed by atoms with E-state index in [9.17, 15) is 9.59 Å². The molecule has 0 aromatic heterocycles. The molecule has 0 aromatic carbocycles. The van der Waals surface area contributed by atoms with Crippen LogP contribution in [0.25, 0.3) is 0 Å². The second-order valence-corrected chi connectivity index (χ2v) is 8.95. The van der Waals surface area contributed by atoms with Crippen molar-refractivity contribution in [3.63, 3.8) is 0 Å². The smallest absolute Gasteiger partial charge is 0.317 e. The SMILES string of the molecule is CC1CCCC(C)N1C(=O)NCCCCCCNC(=O)N1C(C)CCCC1C. The number of nitrogens with zero attached hydrogens (tertiary/aromatic N) is 2. The standard InChI is InChI=1S/C22H42N4O2/c1-17-11-9-12-18(2)25(17)21(27)23-15-7-5-6-8-16-24-22(28)26-19(3)13-10-14-20(26)4/h17-20H,5-16H2,1-4H3,(H,23,27)(H,24,28). The van der Waals surface area contributed by atoms with E-state index in [2.05, 4.69) is 38.3 Å². The van der Waals surface area contributed by atoms with Crippen LogP contribution in [0, 0.1) is 0 Å². The lowest BCUT2D eigenvalue weighted by atomic mass is 9.98. The molecule has 0 saturated carbocycles. The van der Waals surface area contributed by atoms with Crippen molar-refractivity contribution in [2.75, 3.05) is 13.1 Å². The van der Waals surface area contributed by atoms with Crippen molar-refractivity contribution in [1.29, 1.82) is 0 Å². The predicted molar refractivity (Wildman–Crippen MR) is 114 cm³/mol. The van der Waals surface area contributed by atoms with Gasteiger partial charge in [0.15, 0.2) is 0 Å². The maximum Gasteiger partial charge on any atom is 0.317 e. The zero-order chi connectivity index (χ0) is 20.5. The minimum atomic E-state index is 0.0942. The maximum absolute atomic E-state index is 12.4. The van der Waals surface area contributed by atoms with Gasteiger partial charge in [0.25, 0.3) is 0 Å². The van der Waals surface area contributed by atoms with Crippen LogP contribution in [0.4, 0.5) is 9.59 Å². The summed E-state index contributed by atoms with van der Waals surface area (Å²) in [5.74, 6) is 0. The van der Waals surface area contributed by atoms with Gasteiger partial charge in [0.05, 0.1) is 0 Å². The molecule has 4 amide bonds. The number of likely N-dealkylation sites (tertiary alicyclic amines) is 2. The van der Waals surface area contributed by atoms with Crippen LogP contribution in [0.3, 0.4) is 0 Å². The Hall–Kier alpha value is -1.46. The number of carbonyl (C=O) groups is 2. The van der Waals surface area contributed by atoms with Gasteiger partial charge in [-0.25, -0.2) is 9.59 Å². The molecule has 6 heteroatoms. The summed E-state index contributed by atoms with van der Waals surface area (Å²) in [5.41, 5.74) is 0. The Kier molecular flexibility index (Phi) is 9.39. The summed E-state index contributed by atoms with van der Waals surface area (Å²) >= 11 is 0. The minimum absolute atomic E-state index is 0.0942. The van der Waals surface area contributed by atoms with Crippen LogP contribution < -0.4 is 10.6 Å². The molecule has 6 nitrogen and oxygen atoms in total. The number of rotatable bonds is 7. The molecule has 4 atom stereocenters. The number of nitrogens with one attached hydrogen (secondary N) is 2. The summed E-state index contributed by atoms with van der Waals surface area (Å²) in [7, 11) is 0. The first-order valence-corrected chi connectivity index (χ1v) is 11.5. The largest absolute Gasteiger partial charge is 0.338 e. The lowest BCUT2D eigenvalue weighted by molar-refractivity contribution is 0.122. The van der Waals surface area contributed by atoms with E-state index in [0.717, 1.165) is 64.5 Å². The van der Waals surface area contributed by atoms with Crippen molar-refractivity contribution < 1.29 is 9.59 Å². The van der Waals surface area contributed by atoms with Crippen LogP contribution in [-0.2, 0) is 0 Å². The van der Waals surface area contributed by atoms with Crippen LogP contribution >= 0.6 is 0 Å². The molecular weight excluding hydrogens is 352 g/mol. The molecule has 0 aromatic rings. The first-order chi connectivity index (χ1) is 13.4. The second-order valence-electron chi connectivity index (χ2n) is 8.95. The average molecular weight is 395 g/mol. The lowest BCUT2D eigenvalue weighted by Gasteiger charge is -2.39. The highest BCUT2D eigenvalue weighted by Crippen LogP contribution is 2.23. The summed E-state index contributed by atoms with van der Waals surface area (Å²) in [6, 6.07) is 1.57. The minimum Gasteiger partial charge on any atom is -0.338 e. The molecule has 2 aliphatic rings. The summed E-state index contributed by atoms with van der Waals surface area (Å²) in [4.78, 5) is 28.8. The number of hydrogen-bond donors (Lipinski definition) is 2. The zero-order valence-corrected chi connectivity index (χ0v) is 18.5. The van der Waals surface area contributed by atoms with E-state index in [1.165, 1.54) is 12.8 Å². The number of carbonyl (C=O) groups excluding carboxylic acids is 2. The molecule has 4 unspecified atom stereocenters. The summed E-state index contributed by atoms with van der Waals surface area (Å²) in [6.45, 7) is 10.1. The maximum atomic E-state index is 12.4. The molecule has 0 aliphatic carbocycles. The number of piperidine rings is 2. The monoisotopic (exact) mass is 394 g/mol. The Morgan fingerprint density at radius 1 is 0.643 bits per heavy atom. The van der Waals surface area contributed by atoms with Crippen LogP contribution in [-0.4, -0.2) is 59.1 Å². The van der Waals surface area contributed by atoms with E-state index in [-0.39, 0.29) is 12.1 Å². The lowest BCUT2D eigenvalue weighted by Crippen LogP contribution is -2.52. The molecular formula is C22H42N4O2. The van der Waals surface area contributed by atoms with Crippen molar-refractivity contribution in [2.24, 2.45) is 0 Å². The highest BCUT2D eigenvalue weighted by Gasteiger charge is 2.29. The number of unbranched alkanes of at least 4 members (excludes halogenated alkanes) is 3. The molecule has 162 valence electrons. The van der Waals surface area contributed by atoms with Crippen LogP contribution in [0.15, 0.2) is 0 Å². The molecule has 0 spiro atoms. The van der Waals surface area contributed by atoms with E-state index in [1.54, 1.807) is 0 Å². The van der Waals surface area contributed by atoms with Gasteiger partial charge in [-0.3, -0.25) is 0 Å². The Bertz CT molecular complexity index is 435. The Balaban J connectivity index is 1.51. The Morgan fingerprint density at radius 2 is 0.964 bits per heavy atom. The molecule has 2 heterocycles. The molecule has 2 rings (SSSR count). The fraction of sp³-hybridized carbons (Fsp3) is 0.909. The van der Waals surface area contributed by atoms with E-state index in [1.807, 2.05) is 9.80 Å². The van der Waals surface area contributed by atoms with Crippen molar-refractivity contribution in [2.45, 2.75) is 116 Å². The van der Waals surface area contributed by atoms with Gasteiger partial charge in [-0.05, 0) is 79.1 Å². The molecule has 0 radical (unpaired) electrons. The fourth-order valence-electron chi connectivity index (χ4n) is 4.82. The van der Waals surface area contributed by atoms with Crippen molar-refractivity contribution >= 4 is 12.1 Å². The molecule has 28 heavy (non-hydrogen) atoms. The van der Waals surface area contributed by atoms with Gasteiger partial charge in [-0.2, -0.15) is 0 Å². The van der Waals surface area contributed by atoms with Gasteiger partial charge < -0.3 is 20.4 Å². The van der Waals surface area contributed by atoms with Gasteiger partial charge in [0.2, 0.25) is 0 Å². The Labute approximate surface area is 171 Å². The summed E-state index contributed by atoms with van der Waals surface area (Å²) < 4.78 is 0. The van der Waals surface area contributed by atoms with Gasteiger partial charge >= 0.3 is 12.1 Å². The van der Waals surface area contributed by atoms with Gasteiger partial charge in [-0.1, -0.05) is 12.8 Å². The van der Waals surface area contributed by atoms with Crippen LogP contribution in [0.5, 0.6) is 0 Å². The first kappa shape index (κ1) is 22.8. The van der Waals surface area contributed by atoms with Crippen molar-refractivity contribution in [3.8, 4) is 0 Å². The third-order valence-corrected chi connectivity index (χ3v) is 6.51. The summed E-state index contributed by atoms with van der Waals surface area (Å²) in [5, 5.41) is 6.17. The average Bonchev–Trinajstić information content (AvgIpc) is 2.63. The quantitative estimate of drug-likeness (QED) is 0.625. The molecule has 2 fully saturated rings. The second kappa shape index (κ2) is 11.5. The number of urea groups is 2. The van der Waals surface area contributed by atoms with Gasteiger partial charge in [0, 0.05) is 37.3 Å². The fourth-order valence-corrected chi connectivity index (χ4v) is 4.82. The third kappa shape index (κ3) is 6.56. The van der Waals surface area contributed by atoms with E-state index in [0.29, 0.717) is 24.2 Å². The summed E-state index contributed by atoms with van der Waals surface area (Å²) in [6.07, 6.45) is 11.0. The van der Waals surface area contributed by atoms with Gasteiger partial charge in [-0.15, -0.1) is 0 Å². The Morgan fingerprint density at radius 3 is 1.29 bits per heavy atom. The van der Waals surface area contributed by atoms with Crippen LogP contribution in [0.1, 0.15) is 91.9 Å². The van der Waals surface area contributed by atoms with Crippen LogP contribution in [0.2, 0.25) is 0 Å². The molecule has 2 saturated heterocycles. The molecule has 2 aliphatic heterocycles. The highest BCUT2D eigenvalue weighted by atomic mass is 16.2. The number of amides is 4. The molecule has 0 bridgehead atoms. The van der Waals surface area contributed by atoms with E-state index >= 15 is 0 Å². The topological polar surface area (TPSA) is 64.7 Å². The normalized spacial score (nSPS) is 28.1. The first-order valence-electron chi connectivity index (χ1n) is 11.5. The predicted octanol–water partition coefficient (Wildman–Crippen LogP) is 4.49. The van der Waals surface area contributed by atoms with E-state index in [4.69, 9.17) is 0 Å². The zero-order valence-electron chi connectivity index (χ0n) is 18.5. The van der Waals surface area contributed by atoms with Crippen molar-refractivity contribution in [1.82, 2.24) is 20.4 Å². The van der Waals surface area contributed by atoms with E-state index < -0.39 is 0 Å². The highest BCUT2D eigenvalue weighted by molar-refractivity contribution is 5.75. The molecule has 2 N–H and O–H groups in total. The van der Waals surface area contributed by atoms with Crippen molar-refractivity contribution in [3.05, 3.63) is 0 Å².